The Labute approximate surface area is 97.4 Å². The van der Waals surface area contributed by atoms with Crippen LogP contribution in [0.15, 0.2) is 18.2 Å². The first-order valence-corrected chi connectivity index (χ1v) is 5.89. The fraction of sp³-hybridized carbons (Fsp3) is 0.455. The molecule has 1 N–H and O–H groups in total. The quantitative estimate of drug-likeness (QED) is 0.810. The molecule has 0 saturated heterocycles. The molecule has 0 bridgehead atoms. The van der Waals surface area contributed by atoms with Crippen molar-refractivity contribution in [3.63, 3.8) is 0 Å². The topological polar surface area (TPSA) is 12.0 Å². The first-order valence-electron chi connectivity index (χ1n) is 4.90. The summed E-state index contributed by atoms with van der Waals surface area (Å²) in [6.45, 7) is 4.23. The number of aryl methyl sites for hydroxylation is 2. The Kier molecular flexibility index (Phi) is 4.53. The normalized spacial score (nSPS) is 11.6. The van der Waals surface area contributed by atoms with E-state index in [0.29, 0.717) is 6.54 Å². The molecule has 1 nitrogen and oxygen atoms in total. The first kappa shape index (κ1) is 13.2. The van der Waals surface area contributed by atoms with Crippen LogP contribution in [0.4, 0.5) is 18.9 Å². The smallest absolute Gasteiger partial charge is 0.384 e. The van der Waals surface area contributed by atoms with Crippen LogP contribution in [0.1, 0.15) is 11.1 Å². The highest BCUT2D eigenvalue weighted by Crippen LogP contribution is 2.29. The molecule has 0 aliphatic rings. The molecule has 1 aromatic carbocycles. The lowest BCUT2D eigenvalue weighted by Crippen LogP contribution is -2.10. The van der Waals surface area contributed by atoms with Crippen molar-refractivity contribution in [2.75, 3.05) is 17.6 Å². The number of hydrogen-bond acceptors (Lipinski definition) is 2. The molecule has 90 valence electrons. The van der Waals surface area contributed by atoms with Crippen molar-refractivity contribution in [1.29, 1.82) is 0 Å². The molecule has 0 aliphatic heterocycles. The third kappa shape index (κ3) is 4.79. The Morgan fingerprint density at radius 2 is 1.94 bits per heavy atom. The second-order valence-corrected chi connectivity index (χ2v) is 4.70. The van der Waals surface area contributed by atoms with E-state index in [1.165, 1.54) is 0 Å². The molecular formula is C11H14F3NS. The summed E-state index contributed by atoms with van der Waals surface area (Å²) in [5.41, 5.74) is -1.04. The number of hydrogen-bond donors (Lipinski definition) is 1. The summed E-state index contributed by atoms with van der Waals surface area (Å²) in [6.07, 6.45) is 0. The number of rotatable bonds is 4. The number of alkyl halides is 3. The Bertz CT molecular complexity index is 350. The third-order valence-electron chi connectivity index (χ3n) is 2.07. The Balaban J connectivity index is 2.38. The van der Waals surface area contributed by atoms with Gasteiger partial charge in [0.15, 0.2) is 0 Å². The molecule has 0 aliphatic carbocycles. The molecule has 16 heavy (non-hydrogen) atoms. The summed E-state index contributed by atoms with van der Waals surface area (Å²) in [5, 5.41) is 2.99. The maximum atomic E-state index is 11.8. The molecule has 0 saturated carbocycles. The summed E-state index contributed by atoms with van der Waals surface area (Å²) in [7, 11) is 0. The molecule has 0 unspecified atom stereocenters. The SMILES string of the molecule is Cc1ccc(NCCSC(F)(F)F)c(C)c1. The van der Waals surface area contributed by atoms with Crippen molar-refractivity contribution in [2.24, 2.45) is 0 Å². The highest BCUT2D eigenvalue weighted by Gasteiger charge is 2.27. The number of anilines is 1. The van der Waals surface area contributed by atoms with E-state index in [4.69, 9.17) is 0 Å². The first-order chi connectivity index (χ1) is 7.38. The molecule has 1 aromatic rings. The van der Waals surface area contributed by atoms with Gasteiger partial charge in [-0.2, -0.15) is 13.2 Å². The lowest BCUT2D eigenvalue weighted by Gasteiger charge is -2.10. The van der Waals surface area contributed by atoms with E-state index in [1.807, 2.05) is 32.0 Å². The van der Waals surface area contributed by atoms with E-state index in [2.05, 4.69) is 5.32 Å². The molecular weight excluding hydrogens is 235 g/mol. The third-order valence-corrected chi connectivity index (χ3v) is 2.80. The molecule has 0 aromatic heterocycles. The van der Waals surface area contributed by atoms with Crippen molar-refractivity contribution < 1.29 is 13.2 Å². The Morgan fingerprint density at radius 1 is 1.25 bits per heavy atom. The van der Waals surface area contributed by atoms with Crippen LogP contribution in [0.5, 0.6) is 0 Å². The zero-order valence-corrected chi connectivity index (χ0v) is 10.0. The van der Waals surface area contributed by atoms with E-state index >= 15 is 0 Å². The standard InChI is InChI=1S/C11H14F3NS/c1-8-3-4-10(9(2)7-8)15-5-6-16-11(12,13)14/h3-4,7,15H,5-6H2,1-2H3. The average Bonchev–Trinajstić information content (AvgIpc) is 2.13. The fourth-order valence-electron chi connectivity index (χ4n) is 1.36. The van der Waals surface area contributed by atoms with Gasteiger partial charge in [-0.3, -0.25) is 0 Å². The van der Waals surface area contributed by atoms with E-state index in [9.17, 15) is 13.2 Å². The lowest BCUT2D eigenvalue weighted by molar-refractivity contribution is -0.0327. The molecule has 0 fully saturated rings. The summed E-state index contributed by atoms with van der Waals surface area (Å²) >= 11 is -0.000676. The predicted molar refractivity (Wildman–Crippen MR) is 62.9 cm³/mol. The van der Waals surface area contributed by atoms with Gasteiger partial charge in [0.2, 0.25) is 0 Å². The van der Waals surface area contributed by atoms with Crippen molar-refractivity contribution in [3.8, 4) is 0 Å². The van der Waals surface area contributed by atoms with Gasteiger partial charge in [-0.05, 0) is 37.2 Å². The van der Waals surface area contributed by atoms with E-state index in [0.717, 1.165) is 16.8 Å². The zero-order valence-electron chi connectivity index (χ0n) is 9.19. The van der Waals surface area contributed by atoms with Gasteiger partial charge in [0.25, 0.3) is 0 Å². The molecule has 1 rings (SSSR count). The zero-order chi connectivity index (χ0) is 12.2. The van der Waals surface area contributed by atoms with E-state index < -0.39 is 5.51 Å². The number of nitrogens with one attached hydrogen (secondary N) is 1. The minimum absolute atomic E-state index is 0.000676. The monoisotopic (exact) mass is 249 g/mol. The highest BCUT2D eigenvalue weighted by molar-refractivity contribution is 8.00. The maximum absolute atomic E-state index is 11.8. The minimum atomic E-state index is -4.13. The highest BCUT2D eigenvalue weighted by atomic mass is 32.2. The second kappa shape index (κ2) is 5.48. The molecule has 5 heteroatoms. The number of benzene rings is 1. The van der Waals surface area contributed by atoms with Gasteiger partial charge in [-0.15, -0.1) is 0 Å². The van der Waals surface area contributed by atoms with Gasteiger partial charge >= 0.3 is 5.51 Å². The fourth-order valence-corrected chi connectivity index (χ4v) is 1.80. The van der Waals surface area contributed by atoms with Gasteiger partial charge in [0.05, 0.1) is 0 Å². The summed E-state index contributed by atoms with van der Waals surface area (Å²) < 4.78 is 35.5. The van der Waals surface area contributed by atoms with Crippen LogP contribution in [0, 0.1) is 13.8 Å². The molecule has 0 amide bonds. The lowest BCUT2D eigenvalue weighted by atomic mass is 10.1. The van der Waals surface area contributed by atoms with Crippen LogP contribution in [-0.4, -0.2) is 17.8 Å². The van der Waals surface area contributed by atoms with Crippen LogP contribution in [-0.2, 0) is 0 Å². The predicted octanol–water partition coefficient (Wildman–Crippen LogP) is 3.97. The maximum Gasteiger partial charge on any atom is 0.441 e. The van der Waals surface area contributed by atoms with Gasteiger partial charge in [0.1, 0.15) is 0 Å². The Morgan fingerprint density at radius 3 is 2.50 bits per heavy atom. The van der Waals surface area contributed by atoms with Gasteiger partial charge in [0, 0.05) is 18.0 Å². The van der Waals surface area contributed by atoms with Crippen molar-refractivity contribution in [2.45, 2.75) is 19.4 Å². The van der Waals surface area contributed by atoms with Crippen molar-refractivity contribution in [1.82, 2.24) is 0 Å². The summed E-state index contributed by atoms with van der Waals surface area (Å²) in [4.78, 5) is 0. The van der Waals surface area contributed by atoms with Crippen LogP contribution in [0.3, 0.4) is 0 Å². The minimum Gasteiger partial charge on any atom is -0.384 e. The molecule has 0 radical (unpaired) electrons. The van der Waals surface area contributed by atoms with Crippen molar-refractivity contribution in [3.05, 3.63) is 29.3 Å². The van der Waals surface area contributed by atoms with E-state index in [-0.39, 0.29) is 17.5 Å². The summed E-state index contributed by atoms with van der Waals surface area (Å²) in [5.74, 6) is 0.0246. The van der Waals surface area contributed by atoms with E-state index in [1.54, 1.807) is 0 Å². The Hall–Kier alpha value is -0.840. The molecule has 0 atom stereocenters. The average molecular weight is 249 g/mol. The number of thioether (sulfide) groups is 1. The summed E-state index contributed by atoms with van der Waals surface area (Å²) in [6, 6.07) is 5.83. The van der Waals surface area contributed by atoms with Crippen LogP contribution < -0.4 is 5.32 Å². The largest absolute Gasteiger partial charge is 0.441 e. The molecule has 0 spiro atoms. The van der Waals surface area contributed by atoms with Crippen molar-refractivity contribution >= 4 is 17.4 Å². The van der Waals surface area contributed by atoms with Gasteiger partial charge in [-0.25, -0.2) is 0 Å². The van der Waals surface area contributed by atoms with Crippen LogP contribution in [0.25, 0.3) is 0 Å². The molecule has 0 heterocycles. The van der Waals surface area contributed by atoms with Gasteiger partial charge < -0.3 is 5.32 Å². The van der Waals surface area contributed by atoms with Gasteiger partial charge in [-0.1, -0.05) is 17.7 Å². The van der Waals surface area contributed by atoms with Crippen LogP contribution >= 0.6 is 11.8 Å². The second-order valence-electron chi connectivity index (χ2n) is 3.54. The van der Waals surface area contributed by atoms with Crippen LogP contribution in [0.2, 0.25) is 0 Å². The number of halogens is 3.